The molecule has 2 aromatic carbocycles. The second-order valence-electron chi connectivity index (χ2n) is 4.64. The third kappa shape index (κ3) is 4.30. The average Bonchev–Trinajstić information content (AvgIpc) is 2.48. The van der Waals surface area contributed by atoms with E-state index in [9.17, 15) is 13.2 Å². The van der Waals surface area contributed by atoms with E-state index >= 15 is 0 Å². The molecule has 0 aliphatic heterocycles. The number of hydrogen-bond donors (Lipinski definition) is 2. The van der Waals surface area contributed by atoms with E-state index in [2.05, 4.69) is 10.0 Å². The molecule has 0 radical (unpaired) electrons. The summed E-state index contributed by atoms with van der Waals surface area (Å²) in [5.74, 6) is -0.438. The van der Waals surface area contributed by atoms with Crippen molar-refractivity contribution in [2.75, 3.05) is 11.9 Å². The highest BCUT2D eigenvalue weighted by atomic mass is 35.5. The lowest BCUT2D eigenvalue weighted by Crippen LogP contribution is -2.33. The van der Waals surface area contributed by atoms with E-state index in [0.717, 1.165) is 5.56 Å². The van der Waals surface area contributed by atoms with Crippen molar-refractivity contribution in [1.29, 1.82) is 0 Å². The molecule has 22 heavy (non-hydrogen) atoms. The quantitative estimate of drug-likeness (QED) is 0.879. The summed E-state index contributed by atoms with van der Waals surface area (Å²) in [5, 5.41) is 3.10. The third-order valence-corrected chi connectivity index (χ3v) is 4.63. The fourth-order valence-electron chi connectivity index (χ4n) is 1.77. The molecular formula is C15H15ClN2O3S. The van der Waals surface area contributed by atoms with E-state index in [1.807, 2.05) is 19.1 Å². The van der Waals surface area contributed by atoms with Gasteiger partial charge in [0.15, 0.2) is 0 Å². The summed E-state index contributed by atoms with van der Waals surface area (Å²) in [4.78, 5) is 11.9. The highest BCUT2D eigenvalue weighted by Crippen LogP contribution is 2.14. The number of carbonyl (C=O) groups excluding carboxylic acids is 1. The number of sulfonamides is 1. The molecule has 1 amide bonds. The maximum Gasteiger partial charge on any atom is 0.241 e. The summed E-state index contributed by atoms with van der Waals surface area (Å²) in [6.45, 7) is 1.51. The van der Waals surface area contributed by atoms with E-state index in [-0.39, 0.29) is 11.4 Å². The van der Waals surface area contributed by atoms with Crippen LogP contribution in [0.2, 0.25) is 5.02 Å². The van der Waals surface area contributed by atoms with Crippen molar-refractivity contribution in [3.05, 3.63) is 59.1 Å². The van der Waals surface area contributed by atoms with Gasteiger partial charge >= 0.3 is 0 Å². The third-order valence-electron chi connectivity index (χ3n) is 2.97. The van der Waals surface area contributed by atoms with Gasteiger partial charge in [-0.2, -0.15) is 0 Å². The number of para-hydroxylation sites is 1. The van der Waals surface area contributed by atoms with Crippen LogP contribution in [0.4, 0.5) is 5.69 Å². The molecule has 0 aromatic heterocycles. The largest absolute Gasteiger partial charge is 0.325 e. The van der Waals surface area contributed by atoms with E-state index in [1.165, 1.54) is 24.3 Å². The van der Waals surface area contributed by atoms with Crippen molar-refractivity contribution < 1.29 is 13.2 Å². The first-order chi connectivity index (χ1) is 10.4. The number of hydrogen-bond acceptors (Lipinski definition) is 3. The Balaban J connectivity index is 1.98. The summed E-state index contributed by atoms with van der Waals surface area (Å²) in [6, 6.07) is 13.0. The standard InChI is InChI=1S/C15H15ClN2O3S/c1-11-4-2-3-5-14(11)18-15(19)10-17-22(20,21)13-8-6-12(16)7-9-13/h2-9,17H,10H2,1H3,(H,18,19). The Kier molecular flexibility index (Phi) is 5.18. The minimum atomic E-state index is -3.74. The molecule has 5 nitrogen and oxygen atoms in total. The van der Waals surface area contributed by atoms with Gasteiger partial charge < -0.3 is 5.32 Å². The van der Waals surface area contributed by atoms with Crippen molar-refractivity contribution in [3.8, 4) is 0 Å². The summed E-state index contributed by atoms with van der Waals surface area (Å²) in [5.41, 5.74) is 1.55. The maximum atomic E-state index is 12.0. The van der Waals surface area contributed by atoms with Gasteiger partial charge in [0, 0.05) is 10.7 Å². The minimum absolute atomic E-state index is 0.0561. The normalized spacial score (nSPS) is 11.2. The Morgan fingerprint density at radius 2 is 1.73 bits per heavy atom. The molecule has 0 heterocycles. The SMILES string of the molecule is Cc1ccccc1NC(=O)CNS(=O)(=O)c1ccc(Cl)cc1. The van der Waals surface area contributed by atoms with Gasteiger partial charge in [0.25, 0.3) is 0 Å². The second-order valence-corrected chi connectivity index (χ2v) is 6.84. The zero-order chi connectivity index (χ0) is 16.2. The van der Waals surface area contributed by atoms with E-state index < -0.39 is 15.9 Å². The second kappa shape index (κ2) is 6.91. The lowest BCUT2D eigenvalue weighted by Gasteiger charge is -2.09. The Morgan fingerprint density at radius 3 is 2.36 bits per heavy atom. The van der Waals surface area contributed by atoms with Crippen LogP contribution in [-0.4, -0.2) is 20.9 Å². The van der Waals surface area contributed by atoms with Crippen molar-refractivity contribution in [2.45, 2.75) is 11.8 Å². The average molecular weight is 339 g/mol. The molecule has 0 saturated carbocycles. The lowest BCUT2D eigenvalue weighted by atomic mass is 10.2. The molecule has 0 unspecified atom stereocenters. The van der Waals surface area contributed by atoms with E-state index in [0.29, 0.717) is 10.7 Å². The Morgan fingerprint density at radius 1 is 1.09 bits per heavy atom. The molecule has 0 aliphatic carbocycles. The van der Waals surface area contributed by atoms with Gasteiger partial charge in [-0.1, -0.05) is 29.8 Å². The summed E-state index contributed by atoms with van der Waals surface area (Å²) in [7, 11) is -3.74. The van der Waals surface area contributed by atoms with Crippen LogP contribution in [0.3, 0.4) is 0 Å². The smallest absolute Gasteiger partial charge is 0.241 e. The minimum Gasteiger partial charge on any atom is -0.325 e. The number of aryl methyl sites for hydroxylation is 1. The van der Waals surface area contributed by atoms with Crippen LogP contribution in [0.5, 0.6) is 0 Å². The van der Waals surface area contributed by atoms with Crippen molar-refractivity contribution in [2.24, 2.45) is 0 Å². The number of benzene rings is 2. The van der Waals surface area contributed by atoms with Gasteiger partial charge in [-0.05, 0) is 42.8 Å². The molecule has 116 valence electrons. The van der Waals surface area contributed by atoms with Gasteiger partial charge in [0.2, 0.25) is 15.9 Å². The number of nitrogens with one attached hydrogen (secondary N) is 2. The van der Waals surface area contributed by atoms with Gasteiger partial charge in [-0.15, -0.1) is 0 Å². The highest BCUT2D eigenvalue weighted by Gasteiger charge is 2.15. The van der Waals surface area contributed by atoms with Crippen molar-refractivity contribution in [1.82, 2.24) is 4.72 Å². The van der Waals surface area contributed by atoms with Gasteiger partial charge in [0.1, 0.15) is 0 Å². The number of amides is 1. The Labute approximate surface area is 134 Å². The predicted molar refractivity (Wildman–Crippen MR) is 86.4 cm³/mol. The number of rotatable bonds is 5. The summed E-state index contributed by atoms with van der Waals surface area (Å²) >= 11 is 5.72. The first kappa shape index (κ1) is 16.5. The Hall–Kier alpha value is -1.89. The van der Waals surface area contributed by atoms with E-state index in [4.69, 9.17) is 11.6 Å². The number of anilines is 1. The van der Waals surface area contributed by atoms with Crippen LogP contribution in [-0.2, 0) is 14.8 Å². The molecule has 2 N–H and O–H groups in total. The first-order valence-electron chi connectivity index (χ1n) is 6.49. The van der Waals surface area contributed by atoms with Gasteiger partial charge in [0.05, 0.1) is 11.4 Å². The van der Waals surface area contributed by atoms with Crippen LogP contribution in [0, 0.1) is 6.92 Å². The molecule has 2 rings (SSSR count). The molecule has 0 saturated heterocycles. The molecular weight excluding hydrogens is 324 g/mol. The highest BCUT2D eigenvalue weighted by molar-refractivity contribution is 7.89. The lowest BCUT2D eigenvalue weighted by molar-refractivity contribution is -0.115. The molecule has 7 heteroatoms. The summed E-state index contributed by atoms with van der Waals surface area (Å²) < 4.78 is 26.3. The van der Waals surface area contributed by atoms with Gasteiger partial charge in [-0.3, -0.25) is 4.79 Å². The molecule has 0 aliphatic rings. The fourth-order valence-corrected chi connectivity index (χ4v) is 2.87. The predicted octanol–water partition coefficient (Wildman–Crippen LogP) is 2.57. The van der Waals surface area contributed by atoms with E-state index in [1.54, 1.807) is 12.1 Å². The number of halogens is 1. The van der Waals surface area contributed by atoms with Crippen LogP contribution in [0.15, 0.2) is 53.4 Å². The monoisotopic (exact) mass is 338 g/mol. The molecule has 0 fully saturated rings. The zero-order valence-corrected chi connectivity index (χ0v) is 13.4. The molecule has 0 bridgehead atoms. The van der Waals surface area contributed by atoms with Crippen LogP contribution in [0.1, 0.15) is 5.56 Å². The number of carbonyl (C=O) groups is 1. The molecule has 0 spiro atoms. The maximum absolute atomic E-state index is 12.0. The fraction of sp³-hybridized carbons (Fsp3) is 0.133. The van der Waals surface area contributed by atoms with Gasteiger partial charge in [-0.25, -0.2) is 13.1 Å². The summed E-state index contributed by atoms with van der Waals surface area (Å²) in [6.07, 6.45) is 0. The van der Waals surface area contributed by atoms with Crippen molar-refractivity contribution in [3.63, 3.8) is 0 Å². The molecule has 2 aromatic rings. The zero-order valence-electron chi connectivity index (χ0n) is 11.8. The van der Waals surface area contributed by atoms with Crippen LogP contribution >= 0.6 is 11.6 Å². The van der Waals surface area contributed by atoms with Crippen molar-refractivity contribution >= 4 is 33.2 Å². The topological polar surface area (TPSA) is 75.3 Å². The van der Waals surface area contributed by atoms with Crippen LogP contribution < -0.4 is 10.0 Å². The van der Waals surface area contributed by atoms with Crippen LogP contribution in [0.25, 0.3) is 0 Å². The Bertz CT molecular complexity index is 774. The molecule has 0 atom stereocenters. The first-order valence-corrected chi connectivity index (χ1v) is 8.35.